The average Bonchev–Trinajstić information content (AvgIpc) is 2.76. The van der Waals surface area contributed by atoms with Crippen LogP contribution in [0.1, 0.15) is 17.2 Å². The smallest absolute Gasteiger partial charge is 0.211 e. The van der Waals surface area contributed by atoms with Gasteiger partial charge in [-0.15, -0.1) is 0 Å². The van der Waals surface area contributed by atoms with E-state index in [0.717, 1.165) is 12.0 Å². The van der Waals surface area contributed by atoms with E-state index in [4.69, 9.17) is 0 Å². The van der Waals surface area contributed by atoms with Crippen molar-refractivity contribution < 1.29 is 13.5 Å². The number of aliphatic hydroxyl groups is 1. The highest BCUT2D eigenvalue weighted by Gasteiger charge is 2.37. The van der Waals surface area contributed by atoms with Crippen LogP contribution in [0.4, 0.5) is 0 Å². The summed E-state index contributed by atoms with van der Waals surface area (Å²) in [7, 11) is -3.10. The van der Waals surface area contributed by atoms with Crippen LogP contribution in [0.25, 0.3) is 0 Å². The number of aliphatic hydroxyl groups excluding tert-OH is 1. The Balaban J connectivity index is 1.69. The molecule has 1 heterocycles. The molecule has 2 atom stereocenters. The number of benzene rings is 1. The van der Waals surface area contributed by atoms with Crippen molar-refractivity contribution in [1.82, 2.24) is 9.21 Å². The Morgan fingerprint density at radius 1 is 1.15 bits per heavy atom. The van der Waals surface area contributed by atoms with Crippen molar-refractivity contribution in [3.05, 3.63) is 35.4 Å². The Bertz CT molecular complexity index is 594. The first-order valence-corrected chi connectivity index (χ1v) is 8.76. The van der Waals surface area contributed by atoms with E-state index in [9.17, 15) is 13.5 Å². The highest BCUT2D eigenvalue weighted by molar-refractivity contribution is 7.88. The van der Waals surface area contributed by atoms with Gasteiger partial charge in [0.15, 0.2) is 0 Å². The zero-order valence-corrected chi connectivity index (χ0v) is 12.4. The number of rotatable bonds is 2. The molecule has 1 N–H and O–H groups in total. The second kappa shape index (κ2) is 5.11. The summed E-state index contributed by atoms with van der Waals surface area (Å²) >= 11 is 0. The SMILES string of the molecule is CS(=O)(=O)N1CCN(C2Cc3ccccc3C2O)CC1. The number of hydrogen-bond acceptors (Lipinski definition) is 4. The lowest BCUT2D eigenvalue weighted by molar-refractivity contribution is 0.0422. The Morgan fingerprint density at radius 3 is 2.40 bits per heavy atom. The van der Waals surface area contributed by atoms with Gasteiger partial charge in [0.1, 0.15) is 0 Å². The van der Waals surface area contributed by atoms with Crippen molar-refractivity contribution in [1.29, 1.82) is 0 Å². The number of sulfonamides is 1. The van der Waals surface area contributed by atoms with Crippen molar-refractivity contribution in [2.75, 3.05) is 32.4 Å². The third-order valence-corrected chi connectivity index (χ3v) is 5.68. The maximum atomic E-state index is 11.5. The van der Waals surface area contributed by atoms with Crippen molar-refractivity contribution in [3.8, 4) is 0 Å². The molecule has 2 aliphatic rings. The fourth-order valence-electron chi connectivity index (χ4n) is 3.25. The fourth-order valence-corrected chi connectivity index (χ4v) is 4.08. The second-order valence-corrected chi connectivity index (χ2v) is 7.60. The lowest BCUT2D eigenvalue weighted by atomic mass is 10.1. The van der Waals surface area contributed by atoms with Crippen LogP contribution in [0.3, 0.4) is 0 Å². The van der Waals surface area contributed by atoms with Gasteiger partial charge in [0.05, 0.1) is 12.4 Å². The van der Waals surface area contributed by atoms with Crippen LogP contribution in [0.15, 0.2) is 24.3 Å². The summed E-state index contributed by atoms with van der Waals surface area (Å²) < 4.78 is 24.5. The fraction of sp³-hybridized carbons (Fsp3) is 0.571. The standard InChI is InChI=1S/C14H20N2O3S/c1-20(18,19)16-8-6-15(7-9-16)13-10-11-4-2-3-5-12(11)14(13)17/h2-5,13-14,17H,6-10H2,1H3. The van der Waals surface area contributed by atoms with Crippen LogP contribution in [-0.4, -0.2) is 61.2 Å². The second-order valence-electron chi connectivity index (χ2n) is 5.61. The molecule has 0 bridgehead atoms. The summed E-state index contributed by atoms with van der Waals surface area (Å²) in [6.07, 6.45) is 1.63. The van der Waals surface area contributed by atoms with E-state index in [2.05, 4.69) is 11.0 Å². The van der Waals surface area contributed by atoms with Gasteiger partial charge < -0.3 is 5.11 Å². The van der Waals surface area contributed by atoms with Gasteiger partial charge in [0, 0.05) is 32.2 Å². The molecule has 1 aromatic rings. The van der Waals surface area contributed by atoms with Crippen LogP contribution < -0.4 is 0 Å². The highest BCUT2D eigenvalue weighted by Crippen LogP contribution is 2.34. The third kappa shape index (κ3) is 2.48. The Hall–Kier alpha value is -0.950. The molecule has 1 aromatic carbocycles. The molecule has 1 aliphatic heterocycles. The van der Waals surface area contributed by atoms with E-state index in [1.54, 1.807) is 0 Å². The van der Waals surface area contributed by atoms with Gasteiger partial charge in [-0.3, -0.25) is 4.90 Å². The number of fused-ring (bicyclic) bond motifs is 1. The summed E-state index contributed by atoms with van der Waals surface area (Å²) in [6.45, 7) is 2.39. The molecule has 110 valence electrons. The van der Waals surface area contributed by atoms with Crippen molar-refractivity contribution in [3.63, 3.8) is 0 Å². The molecule has 0 amide bonds. The van der Waals surface area contributed by atoms with E-state index in [0.29, 0.717) is 26.2 Å². The van der Waals surface area contributed by atoms with Crippen LogP contribution in [-0.2, 0) is 16.4 Å². The maximum Gasteiger partial charge on any atom is 0.211 e. The van der Waals surface area contributed by atoms with Gasteiger partial charge in [-0.05, 0) is 17.5 Å². The molecule has 3 rings (SSSR count). The monoisotopic (exact) mass is 296 g/mol. The Labute approximate surface area is 119 Å². The van der Waals surface area contributed by atoms with Crippen molar-refractivity contribution in [2.24, 2.45) is 0 Å². The lowest BCUT2D eigenvalue weighted by Gasteiger charge is -2.38. The first-order chi connectivity index (χ1) is 9.47. The number of hydrogen-bond donors (Lipinski definition) is 1. The molecule has 0 radical (unpaired) electrons. The Kier molecular flexibility index (Phi) is 3.58. The normalized spacial score (nSPS) is 28.5. The molecule has 1 fully saturated rings. The zero-order chi connectivity index (χ0) is 14.3. The minimum Gasteiger partial charge on any atom is -0.387 e. The zero-order valence-electron chi connectivity index (χ0n) is 11.6. The summed E-state index contributed by atoms with van der Waals surface area (Å²) in [5.41, 5.74) is 2.22. The van der Waals surface area contributed by atoms with Gasteiger partial charge in [-0.2, -0.15) is 4.31 Å². The largest absolute Gasteiger partial charge is 0.387 e. The highest BCUT2D eigenvalue weighted by atomic mass is 32.2. The minimum atomic E-state index is -3.10. The molecule has 0 spiro atoms. The van der Waals surface area contributed by atoms with Crippen molar-refractivity contribution in [2.45, 2.75) is 18.6 Å². The number of nitrogens with zero attached hydrogens (tertiary/aromatic N) is 2. The molecule has 5 nitrogen and oxygen atoms in total. The third-order valence-electron chi connectivity index (χ3n) is 4.38. The maximum absolute atomic E-state index is 11.5. The van der Waals surface area contributed by atoms with Crippen LogP contribution in [0, 0.1) is 0 Å². The number of piperazine rings is 1. The van der Waals surface area contributed by atoms with E-state index in [1.807, 2.05) is 18.2 Å². The van der Waals surface area contributed by atoms with Gasteiger partial charge in [-0.1, -0.05) is 24.3 Å². The molecular formula is C14H20N2O3S. The molecule has 1 aliphatic carbocycles. The Morgan fingerprint density at radius 2 is 1.80 bits per heavy atom. The van der Waals surface area contributed by atoms with Crippen LogP contribution in [0.5, 0.6) is 0 Å². The summed E-state index contributed by atoms with van der Waals surface area (Å²) in [4.78, 5) is 2.21. The summed E-state index contributed by atoms with van der Waals surface area (Å²) in [5, 5.41) is 10.4. The van der Waals surface area contributed by atoms with Crippen molar-refractivity contribution >= 4 is 10.0 Å². The predicted octanol–water partition coefficient (Wildman–Crippen LogP) is 0.222. The van der Waals surface area contributed by atoms with Gasteiger partial charge in [-0.25, -0.2) is 8.42 Å². The quantitative estimate of drug-likeness (QED) is 0.848. The summed E-state index contributed by atoms with van der Waals surface area (Å²) in [5.74, 6) is 0. The van der Waals surface area contributed by atoms with E-state index < -0.39 is 16.1 Å². The van der Waals surface area contributed by atoms with Crippen LogP contribution in [0.2, 0.25) is 0 Å². The molecule has 2 unspecified atom stereocenters. The molecule has 0 saturated carbocycles. The summed E-state index contributed by atoms with van der Waals surface area (Å²) in [6, 6.07) is 8.06. The first kappa shape index (κ1) is 14.0. The van der Waals surface area contributed by atoms with E-state index >= 15 is 0 Å². The minimum absolute atomic E-state index is 0.0779. The van der Waals surface area contributed by atoms with Gasteiger partial charge >= 0.3 is 0 Å². The topological polar surface area (TPSA) is 60.9 Å². The van der Waals surface area contributed by atoms with E-state index in [-0.39, 0.29) is 6.04 Å². The van der Waals surface area contributed by atoms with Gasteiger partial charge in [0.25, 0.3) is 0 Å². The van der Waals surface area contributed by atoms with Crippen LogP contribution >= 0.6 is 0 Å². The average molecular weight is 296 g/mol. The molecule has 20 heavy (non-hydrogen) atoms. The predicted molar refractivity (Wildman–Crippen MR) is 76.9 cm³/mol. The lowest BCUT2D eigenvalue weighted by Crippen LogP contribution is -2.52. The molecular weight excluding hydrogens is 276 g/mol. The van der Waals surface area contributed by atoms with Gasteiger partial charge in [0.2, 0.25) is 10.0 Å². The molecule has 0 aromatic heterocycles. The molecule has 6 heteroatoms. The van der Waals surface area contributed by atoms with E-state index in [1.165, 1.54) is 16.1 Å². The molecule has 1 saturated heterocycles. The first-order valence-electron chi connectivity index (χ1n) is 6.92.